The Bertz CT molecular complexity index is 464. The molecule has 1 saturated heterocycles. The minimum Gasteiger partial charge on any atom is -0.388 e. The van der Waals surface area contributed by atoms with E-state index in [-0.39, 0.29) is 63.6 Å². The zero-order valence-electron chi connectivity index (χ0n) is 13.2. The van der Waals surface area contributed by atoms with Crippen molar-refractivity contribution in [3.8, 4) is 0 Å². The summed E-state index contributed by atoms with van der Waals surface area (Å²) in [7, 11) is 0. The smallest absolute Gasteiger partial charge is 0.248 e. The first-order chi connectivity index (χ1) is 10.6. The topological polar surface area (TPSA) is 89.9 Å². The fourth-order valence-electron chi connectivity index (χ4n) is 3.19. The van der Waals surface area contributed by atoms with Gasteiger partial charge in [0.25, 0.3) is 0 Å². The van der Waals surface area contributed by atoms with Crippen LogP contribution in [0.5, 0.6) is 0 Å². The molecule has 0 bridgehead atoms. The van der Waals surface area contributed by atoms with Crippen molar-refractivity contribution in [1.82, 2.24) is 10.2 Å². The number of nitrogens with zero attached hydrogens (tertiary/aromatic N) is 1. The molecule has 132 valence electrons. The molecule has 6 nitrogen and oxygen atoms in total. The van der Waals surface area contributed by atoms with Crippen molar-refractivity contribution < 1.29 is 28.6 Å². The van der Waals surface area contributed by atoms with Gasteiger partial charge in [-0.3, -0.25) is 9.59 Å². The number of halogens is 2. The van der Waals surface area contributed by atoms with Gasteiger partial charge in [-0.25, -0.2) is 8.78 Å². The number of hydrogen-bond acceptors (Lipinski definition) is 4. The third-order valence-corrected chi connectivity index (χ3v) is 4.85. The summed E-state index contributed by atoms with van der Waals surface area (Å²) in [6.07, 6.45) is -1.33. The van der Waals surface area contributed by atoms with Crippen molar-refractivity contribution in [2.75, 3.05) is 19.6 Å². The van der Waals surface area contributed by atoms with E-state index in [1.807, 2.05) is 0 Å². The number of alkyl halides is 2. The Labute approximate surface area is 133 Å². The van der Waals surface area contributed by atoms with Crippen LogP contribution in [0.2, 0.25) is 0 Å². The molecule has 1 aliphatic heterocycles. The molecule has 2 atom stereocenters. The summed E-state index contributed by atoms with van der Waals surface area (Å²) in [4.78, 5) is 24.8. The number of carbonyl (C=O) groups excluding carboxylic acids is 2. The number of carbonyl (C=O) groups is 2. The molecule has 1 saturated carbocycles. The first kappa shape index (κ1) is 18.1. The normalized spacial score (nSPS) is 31.7. The number of β-amino-alcohol motifs (C(OH)–C–C–N with tert-alkyl or cyclic N) is 1. The highest BCUT2D eigenvalue weighted by molar-refractivity contribution is 5.79. The number of aliphatic hydroxyl groups excluding tert-OH is 1. The number of amides is 2. The van der Waals surface area contributed by atoms with Gasteiger partial charge < -0.3 is 20.4 Å². The molecular weight excluding hydrogens is 310 g/mol. The lowest BCUT2D eigenvalue weighted by Crippen LogP contribution is -2.61. The second-order valence-corrected chi connectivity index (χ2v) is 6.69. The van der Waals surface area contributed by atoms with Crippen LogP contribution < -0.4 is 5.32 Å². The predicted molar refractivity (Wildman–Crippen MR) is 77.7 cm³/mol. The third-order valence-electron chi connectivity index (χ3n) is 4.85. The molecule has 23 heavy (non-hydrogen) atoms. The third kappa shape index (κ3) is 4.38. The van der Waals surface area contributed by atoms with Gasteiger partial charge in [-0.15, -0.1) is 0 Å². The fraction of sp³-hybridized carbons (Fsp3) is 0.867. The molecule has 0 unspecified atom stereocenters. The first-order valence-electron chi connectivity index (χ1n) is 7.94. The monoisotopic (exact) mass is 334 g/mol. The van der Waals surface area contributed by atoms with Gasteiger partial charge >= 0.3 is 0 Å². The van der Waals surface area contributed by atoms with Gasteiger partial charge in [-0.05, 0) is 19.3 Å². The molecule has 0 radical (unpaired) electrons. The molecule has 0 aromatic carbocycles. The van der Waals surface area contributed by atoms with Crippen molar-refractivity contribution in [2.24, 2.45) is 5.92 Å². The quantitative estimate of drug-likeness (QED) is 0.691. The highest BCUT2D eigenvalue weighted by atomic mass is 19.3. The van der Waals surface area contributed by atoms with Gasteiger partial charge in [0, 0.05) is 45.3 Å². The summed E-state index contributed by atoms with van der Waals surface area (Å²) < 4.78 is 26.3. The molecule has 0 aromatic heterocycles. The Morgan fingerprint density at radius 3 is 2.39 bits per heavy atom. The first-order valence-corrected chi connectivity index (χ1v) is 7.94. The number of nitrogens with one attached hydrogen (secondary N) is 1. The van der Waals surface area contributed by atoms with Gasteiger partial charge in [0.05, 0.1) is 0 Å². The molecule has 1 heterocycles. The molecule has 1 aliphatic carbocycles. The van der Waals surface area contributed by atoms with Gasteiger partial charge in [-0.1, -0.05) is 0 Å². The van der Waals surface area contributed by atoms with Gasteiger partial charge in [0.15, 0.2) is 0 Å². The van der Waals surface area contributed by atoms with Crippen molar-refractivity contribution in [3.63, 3.8) is 0 Å². The Morgan fingerprint density at radius 2 is 1.87 bits per heavy atom. The van der Waals surface area contributed by atoms with Crippen LogP contribution in [-0.4, -0.2) is 64.2 Å². The molecule has 0 spiro atoms. The number of piperidine rings is 1. The van der Waals surface area contributed by atoms with Crippen LogP contribution in [0.25, 0.3) is 0 Å². The highest BCUT2D eigenvalue weighted by Crippen LogP contribution is 2.37. The van der Waals surface area contributed by atoms with Crippen molar-refractivity contribution in [3.05, 3.63) is 0 Å². The Hall–Kier alpha value is -1.28. The van der Waals surface area contributed by atoms with E-state index >= 15 is 0 Å². The van der Waals surface area contributed by atoms with Crippen molar-refractivity contribution >= 4 is 11.8 Å². The number of rotatable bonds is 3. The lowest BCUT2D eigenvalue weighted by molar-refractivity contribution is -0.156. The second kappa shape index (κ2) is 6.68. The summed E-state index contributed by atoms with van der Waals surface area (Å²) in [5.74, 6) is -3.67. The van der Waals surface area contributed by atoms with Crippen LogP contribution in [0.3, 0.4) is 0 Å². The fourth-order valence-corrected chi connectivity index (χ4v) is 3.19. The Morgan fingerprint density at radius 1 is 1.26 bits per heavy atom. The average molecular weight is 334 g/mol. The standard InChI is InChI=1S/C15H24F2N2O4/c1-10(20)18-9-14(23)6-7-19(8-12(14)21)13(22)11-2-4-15(16,17)5-3-11/h11-12,21,23H,2-9H2,1H3,(H,18,20)/t12-,14-/m1/s1. The van der Waals surface area contributed by atoms with Gasteiger partial charge in [-0.2, -0.15) is 0 Å². The van der Waals surface area contributed by atoms with E-state index in [9.17, 15) is 28.6 Å². The average Bonchev–Trinajstić information content (AvgIpc) is 2.47. The largest absolute Gasteiger partial charge is 0.388 e. The molecule has 2 fully saturated rings. The molecule has 2 amide bonds. The van der Waals surface area contributed by atoms with Crippen molar-refractivity contribution in [2.45, 2.75) is 56.7 Å². The number of aliphatic hydroxyl groups is 2. The zero-order valence-corrected chi connectivity index (χ0v) is 13.2. The van der Waals surface area contributed by atoms with E-state index in [4.69, 9.17) is 0 Å². The van der Waals surface area contributed by atoms with Gasteiger partial charge in [0.1, 0.15) is 11.7 Å². The summed E-state index contributed by atoms with van der Waals surface area (Å²) in [5, 5.41) is 23.0. The molecule has 2 rings (SSSR count). The van der Waals surface area contributed by atoms with E-state index in [1.165, 1.54) is 11.8 Å². The molecule has 0 aromatic rings. The maximum atomic E-state index is 13.2. The summed E-state index contributed by atoms with van der Waals surface area (Å²) >= 11 is 0. The lowest BCUT2D eigenvalue weighted by Gasteiger charge is -2.43. The van der Waals surface area contributed by atoms with Gasteiger partial charge in [0.2, 0.25) is 17.7 Å². The van der Waals surface area contributed by atoms with Crippen LogP contribution in [0.15, 0.2) is 0 Å². The van der Waals surface area contributed by atoms with Crippen LogP contribution >= 0.6 is 0 Å². The SMILES string of the molecule is CC(=O)NC[C@]1(O)CCN(C(=O)C2CCC(F)(F)CC2)C[C@H]1O. The maximum absolute atomic E-state index is 13.2. The maximum Gasteiger partial charge on any atom is 0.248 e. The van der Waals surface area contributed by atoms with E-state index in [0.29, 0.717) is 0 Å². The summed E-state index contributed by atoms with van der Waals surface area (Å²) in [6.45, 7) is 1.41. The lowest BCUT2D eigenvalue weighted by atomic mass is 9.84. The van der Waals surface area contributed by atoms with Crippen molar-refractivity contribution in [1.29, 1.82) is 0 Å². The molecule has 2 aliphatic rings. The van der Waals surface area contributed by atoms with Crippen LogP contribution in [0.1, 0.15) is 39.0 Å². The van der Waals surface area contributed by atoms with Crippen LogP contribution in [-0.2, 0) is 9.59 Å². The zero-order chi connectivity index (χ0) is 17.3. The Balaban J connectivity index is 1.89. The summed E-state index contributed by atoms with van der Waals surface area (Å²) in [6, 6.07) is 0. The minimum absolute atomic E-state index is 0.0538. The highest BCUT2D eigenvalue weighted by Gasteiger charge is 2.44. The minimum atomic E-state index is -2.68. The van der Waals surface area contributed by atoms with Crippen LogP contribution in [0, 0.1) is 5.92 Å². The predicted octanol–water partition coefficient (Wildman–Crippen LogP) is 0.272. The second-order valence-electron chi connectivity index (χ2n) is 6.69. The number of hydrogen-bond donors (Lipinski definition) is 3. The van der Waals surface area contributed by atoms with E-state index in [1.54, 1.807) is 0 Å². The Kier molecular flexibility index (Phi) is 5.25. The van der Waals surface area contributed by atoms with E-state index < -0.39 is 23.5 Å². The summed E-state index contributed by atoms with van der Waals surface area (Å²) in [5.41, 5.74) is -1.47. The molecular formula is C15H24F2N2O4. The molecule has 3 N–H and O–H groups in total. The van der Waals surface area contributed by atoms with E-state index in [0.717, 1.165) is 0 Å². The van der Waals surface area contributed by atoms with Crippen LogP contribution in [0.4, 0.5) is 8.78 Å². The molecule has 8 heteroatoms. The van der Waals surface area contributed by atoms with E-state index in [2.05, 4.69) is 5.32 Å². The number of likely N-dealkylation sites (tertiary alicyclic amines) is 1.